The molecule has 0 aliphatic carbocycles. The standard InChI is InChI=1S/C10H12O2S/c1-7-5-9(12)3-4-10(7)13-6-8(2)11/h3-5,12H,6H2,1-2H3. The van der Waals surface area contributed by atoms with E-state index in [9.17, 15) is 4.79 Å². The molecule has 0 bridgehead atoms. The van der Waals surface area contributed by atoms with Gasteiger partial charge in [-0.1, -0.05) is 0 Å². The Morgan fingerprint density at radius 2 is 2.23 bits per heavy atom. The van der Waals surface area contributed by atoms with Gasteiger partial charge in [0.2, 0.25) is 0 Å². The molecular formula is C10H12O2S. The maximum Gasteiger partial charge on any atom is 0.140 e. The highest BCUT2D eigenvalue weighted by Gasteiger charge is 2.01. The van der Waals surface area contributed by atoms with Crippen LogP contribution < -0.4 is 0 Å². The van der Waals surface area contributed by atoms with E-state index in [1.165, 1.54) is 11.8 Å². The number of thioether (sulfide) groups is 1. The third kappa shape index (κ3) is 3.11. The zero-order valence-corrected chi connectivity index (χ0v) is 8.52. The maximum atomic E-state index is 10.7. The zero-order valence-electron chi connectivity index (χ0n) is 7.70. The molecule has 0 aliphatic heterocycles. The quantitative estimate of drug-likeness (QED) is 0.754. The monoisotopic (exact) mass is 196 g/mol. The highest BCUT2D eigenvalue weighted by molar-refractivity contribution is 8.00. The van der Waals surface area contributed by atoms with Gasteiger partial charge in [0.15, 0.2) is 0 Å². The van der Waals surface area contributed by atoms with E-state index < -0.39 is 0 Å². The van der Waals surface area contributed by atoms with Crippen molar-refractivity contribution in [3.63, 3.8) is 0 Å². The molecule has 0 unspecified atom stereocenters. The van der Waals surface area contributed by atoms with Crippen LogP contribution in [0.5, 0.6) is 5.75 Å². The zero-order chi connectivity index (χ0) is 9.84. The molecule has 0 radical (unpaired) electrons. The molecule has 0 heterocycles. The van der Waals surface area contributed by atoms with Crippen LogP contribution in [0.25, 0.3) is 0 Å². The number of carbonyl (C=O) groups is 1. The SMILES string of the molecule is CC(=O)CSc1ccc(O)cc1C. The number of aryl methyl sites for hydroxylation is 1. The Morgan fingerprint density at radius 1 is 1.54 bits per heavy atom. The summed E-state index contributed by atoms with van der Waals surface area (Å²) in [6, 6.07) is 5.16. The van der Waals surface area contributed by atoms with Gasteiger partial charge in [-0.2, -0.15) is 0 Å². The highest BCUT2D eigenvalue weighted by Crippen LogP contribution is 2.25. The number of carbonyl (C=O) groups excluding carboxylic acids is 1. The second-order valence-corrected chi connectivity index (χ2v) is 3.96. The Bertz CT molecular complexity index is 321. The lowest BCUT2D eigenvalue weighted by atomic mass is 10.2. The van der Waals surface area contributed by atoms with Crippen LogP contribution in [0.4, 0.5) is 0 Å². The highest BCUT2D eigenvalue weighted by atomic mass is 32.2. The second kappa shape index (κ2) is 4.33. The number of phenolic OH excluding ortho intramolecular Hbond substituents is 1. The van der Waals surface area contributed by atoms with Crippen LogP contribution in [0, 0.1) is 6.92 Å². The van der Waals surface area contributed by atoms with E-state index in [1.54, 1.807) is 19.1 Å². The average Bonchev–Trinajstić information content (AvgIpc) is 2.02. The Hall–Kier alpha value is -0.960. The van der Waals surface area contributed by atoms with Crippen LogP contribution >= 0.6 is 11.8 Å². The fraction of sp³-hybridized carbons (Fsp3) is 0.300. The van der Waals surface area contributed by atoms with Gasteiger partial charge in [0.05, 0.1) is 5.75 Å². The van der Waals surface area contributed by atoms with Crippen LogP contribution in [-0.2, 0) is 4.79 Å². The van der Waals surface area contributed by atoms with Crippen molar-refractivity contribution in [1.82, 2.24) is 0 Å². The van der Waals surface area contributed by atoms with Crippen molar-refractivity contribution in [2.45, 2.75) is 18.7 Å². The summed E-state index contributed by atoms with van der Waals surface area (Å²) in [5, 5.41) is 9.14. The lowest BCUT2D eigenvalue weighted by molar-refractivity contribution is -0.114. The Morgan fingerprint density at radius 3 is 2.77 bits per heavy atom. The molecule has 0 saturated carbocycles. The molecule has 1 rings (SSSR count). The first-order chi connectivity index (χ1) is 6.09. The molecule has 0 spiro atoms. The molecule has 1 aromatic carbocycles. The fourth-order valence-corrected chi connectivity index (χ4v) is 1.78. The van der Waals surface area contributed by atoms with Crippen molar-refractivity contribution in [3.05, 3.63) is 23.8 Å². The molecule has 3 heteroatoms. The van der Waals surface area contributed by atoms with Gasteiger partial charge >= 0.3 is 0 Å². The fourth-order valence-electron chi connectivity index (χ4n) is 0.975. The predicted octanol–water partition coefficient (Wildman–Crippen LogP) is 2.38. The van der Waals surface area contributed by atoms with Crippen LogP contribution in [0.3, 0.4) is 0 Å². The molecule has 1 N–H and O–H groups in total. The van der Waals surface area contributed by atoms with Crippen molar-refractivity contribution in [2.75, 3.05) is 5.75 Å². The number of ketones is 1. The number of hydrogen-bond donors (Lipinski definition) is 1. The van der Waals surface area contributed by atoms with Crippen molar-refractivity contribution in [3.8, 4) is 5.75 Å². The predicted molar refractivity (Wildman–Crippen MR) is 54.2 cm³/mol. The molecule has 13 heavy (non-hydrogen) atoms. The van der Waals surface area contributed by atoms with Gasteiger partial charge in [0.25, 0.3) is 0 Å². The smallest absolute Gasteiger partial charge is 0.140 e. The van der Waals surface area contributed by atoms with Gasteiger partial charge in [0.1, 0.15) is 11.5 Å². The third-order valence-corrected chi connectivity index (χ3v) is 2.91. The van der Waals surface area contributed by atoms with Gasteiger partial charge in [-0.3, -0.25) is 4.79 Å². The summed E-state index contributed by atoms with van der Waals surface area (Å²) >= 11 is 1.50. The summed E-state index contributed by atoms with van der Waals surface area (Å²) in [6.45, 7) is 3.49. The number of aromatic hydroxyl groups is 1. The number of benzene rings is 1. The van der Waals surface area contributed by atoms with Crippen molar-refractivity contribution < 1.29 is 9.90 Å². The molecule has 2 nitrogen and oxygen atoms in total. The molecule has 0 amide bonds. The second-order valence-electron chi connectivity index (χ2n) is 2.94. The van der Waals surface area contributed by atoms with E-state index in [-0.39, 0.29) is 11.5 Å². The summed E-state index contributed by atoms with van der Waals surface area (Å²) in [5.74, 6) is 0.924. The van der Waals surface area contributed by atoms with Crippen LogP contribution in [0.15, 0.2) is 23.1 Å². The first kappa shape index (κ1) is 10.1. The molecule has 70 valence electrons. The minimum Gasteiger partial charge on any atom is -0.508 e. The molecule has 0 saturated heterocycles. The van der Waals surface area contributed by atoms with Gasteiger partial charge in [-0.25, -0.2) is 0 Å². The summed E-state index contributed by atoms with van der Waals surface area (Å²) in [5.41, 5.74) is 1.01. The summed E-state index contributed by atoms with van der Waals surface area (Å²) < 4.78 is 0. The van der Waals surface area contributed by atoms with E-state index in [0.29, 0.717) is 5.75 Å². The Labute approximate surface area is 82.0 Å². The molecule has 0 fully saturated rings. The molecule has 0 aliphatic rings. The maximum absolute atomic E-state index is 10.7. The molecule has 1 aromatic rings. The van der Waals surface area contributed by atoms with Crippen LogP contribution in [-0.4, -0.2) is 16.6 Å². The summed E-state index contributed by atoms with van der Waals surface area (Å²) in [6.07, 6.45) is 0. The normalized spacial score (nSPS) is 10.0. The summed E-state index contributed by atoms with van der Waals surface area (Å²) in [4.78, 5) is 11.8. The van der Waals surface area contributed by atoms with Crippen molar-refractivity contribution >= 4 is 17.5 Å². The topological polar surface area (TPSA) is 37.3 Å². The van der Waals surface area contributed by atoms with E-state index in [1.807, 2.05) is 13.0 Å². The third-order valence-electron chi connectivity index (χ3n) is 1.59. The molecule has 0 aromatic heterocycles. The number of phenols is 1. The largest absolute Gasteiger partial charge is 0.508 e. The van der Waals surface area contributed by atoms with Gasteiger partial charge in [-0.05, 0) is 37.6 Å². The lowest BCUT2D eigenvalue weighted by Gasteiger charge is -2.03. The number of Topliss-reactive ketones (excluding diaryl/α,β-unsaturated/α-hetero) is 1. The molecule has 0 atom stereocenters. The number of rotatable bonds is 3. The van der Waals surface area contributed by atoms with E-state index in [0.717, 1.165) is 10.5 Å². The number of hydrogen-bond acceptors (Lipinski definition) is 3. The van der Waals surface area contributed by atoms with E-state index in [4.69, 9.17) is 5.11 Å². The van der Waals surface area contributed by atoms with E-state index in [2.05, 4.69) is 0 Å². The van der Waals surface area contributed by atoms with Crippen molar-refractivity contribution in [2.24, 2.45) is 0 Å². The minimum atomic E-state index is 0.164. The lowest BCUT2D eigenvalue weighted by Crippen LogP contribution is -1.93. The van der Waals surface area contributed by atoms with E-state index >= 15 is 0 Å². The van der Waals surface area contributed by atoms with Gasteiger partial charge in [0, 0.05) is 4.90 Å². The first-order valence-electron chi connectivity index (χ1n) is 4.01. The first-order valence-corrected chi connectivity index (χ1v) is 5.00. The van der Waals surface area contributed by atoms with Gasteiger partial charge < -0.3 is 5.11 Å². The Kier molecular flexibility index (Phi) is 3.37. The minimum absolute atomic E-state index is 0.164. The van der Waals surface area contributed by atoms with Crippen LogP contribution in [0.1, 0.15) is 12.5 Å². The Balaban J connectivity index is 2.72. The molecular weight excluding hydrogens is 184 g/mol. The van der Waals surface area contributed by atoms with Crippen LogP contribution in [0.2, 0.25) is 0 Å². The van der Waals surface area contributed by atoms with Crippen molar-refractivity contribution in [1.29, 1.82) is 0 Å². The van der Waals surface area contributed by atoms with Gasteiger partial charge in [-0.15, -0.1) is 11.8 Å². The summed E-state index contributed by atoms with van der Waals surface area (Å²) in [7, 11) is 0. The average molecular weight is 196 g/mol.